The third-order valence-electron chi connectivity index (χ3n) is 2.95. The van der Waals surface area contributed by atoms with Crippen LogP contribution in [0.5, 0.6) is 11.5 Å². The van der Waals surface area contributed by atoms with Crippen molar-refractivity contribution in [1.29, 1.82) is 0 Å². The van der Waals surface area contributed by atoms with Gasteiger partial charge in [0.15, 0.2) is 0 Å². The van der Waals surface area contributed by atoms with E-state index >= 15 is 0 Å². The highest BCUT2D eigenvalue weighted by Crippen LogP contribution is 2.24. The monoisotopic (exact) mass is 262 g/mol. The Morgan fingerprint density at radius 3 is 2.84 bits per heavy atom. The number of ether oxygens (including phenoxy) is 2. The summed E-state index contributed by atoms with van der Waals surface area (Å²) in [6.45, 7) is 3.13. The first-order valence-electron chi connectivity index (χ1n) is 6.13. The van der Waals surface area contributed by atoms with Crippen LogP contribution < -0.4 is 9.47 Å². The normalized spacial score (nSPS) is 10.5. The van der Waals surface area contributed by atoms with E-state index in [-0.39, 0.29) is 6.61 Å². The first kappa shape index (κ1) is 13.4. The van der Waals surface area contributed by atoms with Gasteiger partial charge in [-0.2, -0.15) is 0 Å². The largest absolute Gasteiger partial charge is 0.497 e. The first-order valence-corrected chi connectivity index (χ1v) is 6.13. The molecule has 0 saturated carbocycles. The van der Waals surface area contributed by atoms with Crippen LogP contribution >= 0.6 is 0 Å². The molecule has 1 heterocycles. The van der Waals surface area contributed by atoms with Gasteiger partial charge in [-0.05, 0) is 25.1 Å². The number of aromatic nitrogens is 2. The van der Waals surface area contributed by atoms with Crippen LogP contribution in [0.3, 0.4) is 0 Å². The van der Waals surface area contributed by atoms with E-state index in [9.17, 15) is 5.11 Å². The van der Waals surface area contributed by atoms with Gasteiger partial charge in [0.25, 0.3) is 0 Å². The van der Waals surface area contributed by atoms with Crippen LogP contribution in [0.15, 0.2) is 30.6 Å². The van der Waals surface area contributed by atoms with Gasteiger partial charge < -0.3 is 19.1 Å². The molecule has 0 radical (unpaired) electrons. The third kappa shape index (κ3) is 3.26. The number of hydrogen-bond acceptors (Lipinski definition) is 4. The summed E-state index contributed by atoms with van der Waals surface area (Å²) in [5, 5.41) is 9.32. The SMILES string of the molecule is COc1ccc(OCCn2ccnc2C)c(CO)c1. The maximum atomic E-state index is 9.32. The predicted molar refractivity (Wildman–Crippen MR) is 71.4 cm³/mol. The second-order valence-electron chi connectivity index (χ2n) is 4.15. The fraction of sp³-hybridized carbons (Fsp3) is 0.357. The van der Waals surface area contributed by atoms with E-state index in [0.717, 1.165) is 17.9 Å². The lowest BCUT2D eigenvalue weighted by Crippen LogP contribution is -2.09. The maximum absolute atomic E-state index is 9.32. The molecule has 0 aliphatic rings. The van der Waals surface area contributed by atoms with E-state index in [1.807, 2.05) is 29.8 Å². The number of aliphatic hydroxyl groups excluding tert-OH is 1. The Morgan fingerprint density at radius 2 is 2.21 bits per heavy atom. The Hall–Kier alpha value is -2.01. The van der Waals surface area contributed by atoms with E-state index in [1.165, 1.54) is 0 Å². The first-order chi connectivity index (χ1) is 9.24. The lowest BCUT2D eigenvalue weighted by atomic mass is 10.2. The number of imidazole rings is 1. The molecule has 0 saturated heterocycles. The van der Waals surface area contributed by atoms with Crippen molar-refractivity contribution in [2.45, 2.75) is 20.1 Å². The van der Waals surface area contributed by atoms with Gasteiger partial charge >= 0.3 is 0 Å². The van der Waals surface area contributed by atoms with E-state index in [4.69, 9.17) is 9.47 Å². The van der Waals surface area contributed by atoms with Crippen LogP contribution in [0.25, 0.3) is 0 Å². The molecule has 1 aromatic heterocycles. The lowest BCUT2D eigenvalue weighted by molar-refractivity contribution is 0.256. The second kappa shape index (κ2) is 6.24. The molecule has 2 rings (SSSR count). The molecule has 0 aliphatic heterocycles. The fourth-order valence-electron chi connectivity index (χ4n) is 1.84. The summed E-state index contributed by atoms with van der Waals surface area (Å²) in [4.78, 5) is 4.15. The molecule has 0 fully saturated rings. The van der Waals surface area contributed by atoms with Crippen molar-refractivity contribution in [1.82, 2.24) is 9.55 Å². The highest BCUT2D eigenvalue weighted by atomic mass is 16.5. The molecule has 2 aromatic rings. The molecule has 19 heavy (non-hydrogen) atoms. The van der Waals surface area contributed by atoms with Crippen molar-refractivity contribution < 1.29 is 14.6 Å². The Kier molecular flexibility index (Phi) is 4.41. The van der Waals surface area contributed by atoms with Crippen molar-refractivity contribution in [3.8, 4) is 11.5 Å². The molecule has 1 N–H and O–H groups in total. The summed E-state index contributed by atoms with van der Waals surface area (Å²) in [6.07, 6.45) is 3.68. The van der Waals surface area contributed by atoms with E-state index in [1.54, 1.807) is 19.4 Å². The third-order valence-corrected chi connectivity index (χ3v) is 2.95. The van der Waals surface area contributed by atoms with Gasteiger partial charge in [0, 0.05) is 18.0 Å². The van der Waals surface area contributed by atoms with Crippen LogP contribution in [0, 0.1) is 6.92 Å². The highest BCUT2D eigenvalue weighted by molar-refractivity contribution is 5.39. The maximum Gasteiger partial charge on any atom is 0.125 e. The molecule has 5 heteroatoms. The van der Waals surface area contributed by atoms with Crippen molar-refractivity contribution in [3.63, 3.8) is 0 Å². The molecule has 5 nitrogen and oxygen atoms in total. The minimum Gasteiger partial charge on any atom is -0.497 e. The summed E-state index contributed by atoms with van der Waals surface area (Å²) < 4.78 is 12.8. The molecule has 1 aromatic carbocycles. The summed E-state index contributed by atoms with van der Waals surface area (Å²) in [5.41, 5.74) is 0.724. The molecule has 0 amide bonds. The van der Waals surface area contributed by atoms with E-state index in [2.05, 4.69) is 4.98 Å². The summed E-state index contributed by atoms with van der Waals surface area (Å²) >= 11 is 0. The number of nitrogens with zero attached hydrogens (tertiary/aromatic N) is 2. The molecular formula is C14H18N2O3. The van der Waals surface area contributed by atoms with Crippen LogP contribution in [-0.2, 0) is 13.2 Å². The fourth-order valence-corrected chi connectivity index (χ4v) is 1.84. The van der Waals surface area contributed by atoms with Gasteiger partial charge in [-0.25, -0.2) is 4.98 Å². The molecule has 0 bridgehead atoms. The predicted octanol–water partition coefficient (Wildman–Crippen LogP) is 1.77. The molecule has 102 valence electrons. The summed E-state index contributed by atoms with van der Waals surface area (Å²) in [6, 6.07) is 5.40. The Balaban J connectivity index is 1.97. The Morgan fingerprint density at radius 1 is 1.37 bits per heavy atom. The van der Waals surface area contributed by atoms with Crippen molar-refractivity contribution in [2.75, 3.05) is 13.7 Å². The quantitative estimate of drug-likeness (QED) is 0.862. The number of methoxy groups -OCH3 is 1. The van der Waals surface area contributed by atoms with Gasteiger partial charge in [-0.3, -0.25) is 0 Å². The zero-order valence-corrected chi connectivity index (χ0v) is 11.2. The number of aliphatic hydroxyl groups is 1. The summed E-state index contributed by atoms with van der Waals surface area (Å²) in [5.74, 6) is 2.35. The highest BCUT2D eigenvalue weighted by Gasteiger charge is 2.05. The van der Waals surface area contributed by atoms with Gasteiger partial charge in [-0.1, -0.05) is 0 Å². The summed E-state index contributed by atoms with van der Waals surface area (Å²) in [7, 11) is 1.60. The number of benzene rings is 1. The van der Waals surface area contributed by atoms with E-state index in [0.29, 0.717) is 18.1 Å². The average molecular weight is 262 g/mol. The number of aryl methyl sites for hydroxylation is 1. The Bertz CT molecular complexity index is 537. The Labute approximate surface area is 112 Å². The van der Waals surface area contributed by atoms with Crippen molar-refractivity contribution in [2.24, 2.45) is 0 Å². The second-order valence-corrected chi connectivity index (χ2v) is 4.15. The molecular weight excluding hydrogens is 244 g/mol. The lowest BCUT2D eigenvalue weighted by Gasteiger charge is -2.12. The van der Waals surface area contributed by atoms with Crippen LogP contribution in [0.4, 0.5) is 0 Å². The van der Waals surface area contributed by atoms with Crippen molar-refractivity contribution >= 4 is 0 Å². The zero-order chi connectivity index (χ0) is 13.7. The van der Waals surface area contributed by atoms with Crippen LogP contribution in [0.2, 0.25) is 0 Å². The smallest absolute Gasteiger partial charge is 0.125 e. The molecule has 0 aliphatic carbocycles. The van der Waals surface area contributed by atoms with Crippen molar-refractivity contribution in [3.05, 3.63) is 42.0 Å². The molecule has 0 unspecified atom stereocenters. The molecule has 0 spiro atoms. The standard InChI is InChI=1S/C14H18N2O3/c1-11-15-5-6-16(11)7-8-19-14-4-3-13(18-2)9-12(14)10-17/h3-6,9,17H,7-8,10H2,1-2H3. The molecule has 0 atom stereocenters. The van der Waals surface area contributed by atoms with Gasteiger partial charge in [0.1, 0.15) is 23.9 Å². The number of hydrogen-bond donors (Lipinski definition) is 1. The van der Waals surface area contributed by atoms with Gasteiger partial charge in [0.2, 0.25) is 0 Å². The average Bonchev–Trinajstić information content (AvgIpc) is 2.84. The zero-order valence-electron chi connectivity index (χ0n) is 11.2. The van der Waals surface area contributed by atoms with Gasteiger partial charge in [-0.15, -0.1) is 0 Å². The van der Waals surface area contributed by atoms with Gasteiger partial charge in [0.05, 0.1) is 20.3 Å². The number of rotatable bonds is 6. The van der Waals surface area contributed by atoms with Crippen LogP contribution in [0.1, 0.15) is 11.4 Å². The topological polar surface area (TPSA) is 56.5 Å². The minimum absolute atomic E-state index is 0.0728. The van der Waals surface area contributed by atoms with E-state index < -0.39 is 0 Å². The minimum atomic E-state index is -0.0728. The van der Waals surface area contributed by atoms with Crippen LogP contribution in [-0.4, -0.2) is 28.4 Å².